The third-order valence-corrected chi connectivity index (χ3v) is 2.68. The summed E-state index contributed by atoms with van der Waals surface area (Å²) in [5.41, 5.74) is 11.6. The van der Waals surface area contributed by atoms with Crippen LogP contribution in [-0.4, -0.2) is 5.11 Å². The molecule has 1 atom stereocenters. The summed E-state index contributed by atoms with van der Waals surface area (Å²) in [5.74, 6) is -0.399. The topological polar surface area (TPSA) is 72.3 Å². The molecule has 1 saturated carbocycles. The second-order valence-electron chi connectivity index (χ2n) is 3.76. The van der Waals surface area contributed by atoms with Gasteiger partial charge in [-0.05, 0) is 24.8 Å². The summed E-state index contributed by atoms with van der Waals surface area (Å²) < 4.78 is 12.9. The summed E-state index contributed by atoms with van der Waals surface area (Å²) in [6, 6.07) is 2.52. The highest BCUT2D eigenvalue weighted by Gasteiger charge is 2.31. The molecule has 0 bridgehead atoms. The van der Waals surface area contributed by atoms with Gasteiger partial charge in [-0.1, -0.05) is 6.07 Å². The van der Waals surface area contributed by atoms with Gasteiger partial charge < -0.3 is 16.6 Å². The van der Waals surface area contributed by atoms with Crippen LogP contribution in [0.1, 0.15) is 24.4 Å². The fraction of sp³-hybridized carbons (Fsp3) is 0.400. The van der Waals surface area contributed by atoms with Crippen LogP contribution in [-0.2, 0) is 0 Å². The molecule has 0 aliphatic heterocycles. The minimum Gasteiger partial charge on any atom is -0.505 e. The first-order chi connectivity index (χ1) is 6.61. The molecule has 0 unspecified atom stereocenters. The van der Waals surface area contributed by atoms with E-state index in [1.807, 2.05) is 0 Å². The average molecular weight is 196 g/mol. The lowest BCUT2D eigenvalue weighted by molar-refractivity contribution is 0.454. The highest BCUT2D eigenvalue weighted by molar-refractivity contribution is 5.57. The molecule has 0 spiro atoms. The van der Waals surface area contributed by atoms with Gasteiger partial charge in [-0.2, -0.15) is 0 Å². The molecule has 1 aromatic rings. The predicted octanol–water partition coefficient (Wildman–Crippen LogP) is 1.52. The van der Waals surface area contributed by atoms with E-state index in [1.165, 1.54) is 12.1 Å². The van der Waals surface area contributed by atoms with Crippen LogP contribution in [0.4, 0.5) is 10.1 Å². The number of nitrogen functional groups attached to an aromatic ring is 1. The standard InChI is InChI=1S/C10H13FN2O/c11-7-4-3-6(10(14)9(7)13)8(12)5-1-2-5/h3-5,8,14H,1-2,12-13H2/t8-/m1/s1. The molecule has 0 amide bonds. The number of anilines is 1. The highest BCUT2D eigenvalue weighted by atomic mass is 19.1. The van der Waals surface area contributed by atoms with Crippen molar-refractivity contribution in [2.75, 3.05) is 5.73 Å². The first kappa shape index (κ1) is 9.27. The number of hydrogen-bond acceptors (Lipinski definition) is 3. The molecule has 0 saturated heterocycles. The second kappa shape index (κ2) is 3.13. The monoisotopic (exact) mass is 196 g/mol. The number of benzene rings is 1. The van der Waals surface area contributed by atoms with E-state index in [0.717, 1.165) is 12.8 Å². The minimum absolute atomic E-state index is 0.204. The second-order valence-corrected chi connectivity index (χ2v) is 3.76. The van der Waals surface area contributed by atoms with Gasteiger partial charge in [0, 0.05) is 11.6 Å². The van der Waals surface area contributed by atoms with Gasteiger partial charge in [-0.3, -0.25) is 0 Å². The van der Waals surface area contributed by atoms with Gasteiger partial charge in [-0.25, -0.2) is 4.39 Å². The van der Waals surface area contributed by atoms with Crippen molar-refractivity contribution in [3.63, 3.8) is 0 Å². The molecule has 3 nitrogen and oxygen atoms in total. The van der Waals surface area contributed by atoms with E-state index >= 15 is 0 Å². The Morgan fingerprint density at radius 1 is 1.43 bits per heavy atom. The van der Waals surface area contributed by atoms with E-state index in [-0.39, 0.29) is 17.5 Å². The Bertz CT molecular complexity index is 363. The van der Waals surface area contributed by atoms with Crippen LogP contribution in [0.2, 0.25) is 0 Å². The van der Waals surface area contributed by atoms with Crippen molar-refractivity contribution in [2.45, 2.75) is 18.9 Å². The summed E-state index contributed by atoms with van der Waals surface area (Å²) >= 11 is 0. The first-order valence-corrected chi connectivity index (χ1v) is 4.63. The number of halogens is 1. The number of hydrogen-bond donors (Lipinski definition) is 3. The van der Waals surface area contributed by atoms with Crippen molar-refractivity contribution in [1.82, 2.24) is 0 Å². The Morgan fingerprint density at radius 2 is 2.07 bits per heavy atom. The van der Waals surface area contributed by atoms with E-state index < -0.39 is 5.82 Å². The van der Waals surface area contributed by atoms with Crippen LogP contribution in [0, 0.1) is 11.7 Å². The maximum absolute atomic E-state index is 12.9. The highest BCUT2D eigenvalue weighted by Crippen LogP contribution is 2.43. The molecule has 1 aliphatic rings. The molecule has 0 aromatic heterocycles. The summed E-state index contributed by atoms with van der Waals surface area (Å²) in [4.78, 5) is 0. The van der Waals surface area contributed by atoms with Crippen molar-refractivity contribution in [3.8, 4) is 5.75 Å². The number of nitrogens with two attached hydrogens (primary N) is 2. The molecule has 76 valence electrons. The van der Waals surface area contributed by atoms with Gasteiger partial charge in [0.2, 0.25) is 0 Å². The molecule has 14 heavy (non-hydrogen) atoms. The third-order valence-electron chi connectivity index (χ3n) is 2.68. The number of aromatic hydroxyl groups is 1. The maximum atomic E-state index is 12.9. The molecular formula is C10H13FN2O. The van der Waals surface area contributed by atoms with E-state index in [1.54, 1.807) is 0 Å². The Morgan fingerprint density at radius 3 is 2.64 bits per heavy atom. The minimum atomic E-state index is -0.603. The molecule has 1 aromatic carbocycles. The fourth-order valence-electron chi connectivity index (χ4n) is 1.58. The van der Waals surface area contributed by atoms with Gasteiger partial charge >= 0.3 is 0 Å². The molecular weight excluding hydrogens is 183 g/mol. The number of rotatable bonds is 2. The first-order valence-electron chi connectivity index (χ1n) is 4.63. The normalized spacial score (nSPS) is 18.1. The molecule has 0 heterocycles. The lowest BCUT2D eigenvalue weighted by Gasteiger charge is -2.14. The van der Waals surface area contributed by atoms with Crippen molar-refractivity contribution in [1.29, 1.82) is 0 Å². The van der Waals surface area contributed by atoms with Gasteiger partial charge in [0.25, 0.3) is 0 Å². The lowest BCUT2D eigenvalue weighted by Crippen LogP contribution is -2.13. The van der Waals surface area contributed by atoms with E-state index in [2.05, 4.69) is 0 Å². The van der Waals surface area contributed by atoms with Crippen molar-refractivity contribution < 1.29 is 9.50 Å². The van der Waals surface area contributed by atoms with E-state index in [9.17, 15) is 9.50 Å². The fourth-order valence-corrected chi connectivity index (χ4v) is 1.58. The Labute approximate surface area is 81.5 Å². The summed E-state index contributed by atoms with van der Waals surface area (Å²) in [6.07, 6.45) is 2.13. The van der Waals surface area contributed by atoms with Gasteiger partial charge in [-0.15, -0.1) is 0 Å². The van der Waals surface area contributed by atoms with Crippen LogP contribution in [0.25, 0.3) is 0 Å². The van der Waals surface area contributed by atoms with Crippen LogP contribution in [0.5, 0.6) is 5.75 Å². The molecule has 2 rings (SSSR count). The summed E-state index contributed by atoms with van der Waals surface area (Å²) in [7, 11) is 0. The molecule has 4 heteroatoms. The zero-order valence-electron chi connectivity index (χ0n) is 7.70. The lowest BCUT2D eigenvalue weighted by atomic mass is 10.0. The number of phenols is 1. The molecule has 1 aliphatic carbocycles. The maximum Gasteiger partial charge on any atom is 0.149 e. The van der Waals surface area contributed by atoms with Crippen molar-refractivity contribution in [3.05, 3.63) is 23.5 Å². The zero-order valence-corrected chi connectivity index (χ0v) is 7.70. The molecule has 0 radical (unpaired) electrons. The largest absolute Gasteiger partial charge is 0.505 e. The number of phenolic OH excluding ortho intramolecular Hbond substituents is 1. The SMILES string of the molecule is Nc1c(F)ccc([C@H](N)C2CC2)c1O. The Balaban J connectivity index is 2.38. The van der Waals surface area contributed by atoms with Crippen LogP contribution in [0.3, 0.4) is 0 Å². The molecule has 5 N–H and O–H groups in total. The predicted molar refractivity (Wildman–Crippen MR) is 52.1 cm³/mol. The average Bonchev–Trinajstić information content (AvgIpc) is 2.97. The third kappa shape index (κ3) is 1.42. The van der Waals surface area contributed by atoms with Crippen molar-refractivity contribution in [2.24, 2.45) is 11.7 Å². The molecule has 1 fully saturated rings. The smallest absolute Gasteiger partial charge is 0.149 e. The van der Waals surface area contributed by atoms with Gasteiger partial charge in [0.1, 0.15) is 17.3 Å². The van der Waals surface area contributed by atoms with Crippen LogP contribution in [0.15, 0.2) is 12.1 Å². The Kier molecular flexibility index (Phi) is 2.07. The summed E-state index contributed by atoms with van der Waals surface area (Å²) in [6.45, 7) is 0. The van der Waals surface area contributed by atoms with Gasteiger partial charge in [0.15, 0.2) is 0 Å². The van der Waals surface area contributed by atoms with Crippen molar-refractivity contribution >= 4 is 5.69 Å². The quantitative estimate of drug-likeness (QED) is 0.496. The van der Waals surface area contributed by atoms with Crippen LogP contribution < -0.4 is 11.5 Å². The van der Waals surface area contributed by atoms with E-state index in [0.29, 0.717) is 11.5 Å². The Hall–Kier alpha value is -1.29. The van der Waals surface area contributed by atoms with Gasteiger partial charge in [0.05, 0.1) is 0 Å². The van der Waals surface area contributed by atoms with Crippen LogP contribution >= 0.6 is 0 Å². The van der Waals surface area contributed by atoms with E-state index in [4.69, 9.17) is 11.5 Å². The zero-order chi connectivity index (χ0) is 10.3. The summed E-state index contributed by atoms with van der Waals surface area (Å²) in [5, 5.41) is 9.58.